The quantitative estimate of drug-likeness (QED) is 0.508. The summed E-state index contributed by atoms with van der Waals surface area (Å²) in [5.74, 6) is -0.197. The Hall–Kier alpha value is -0.890. The lowest BCUT2D eigenvalue weighted by Gasteiger charge is -2.07. The lowest BCUT2D eigenvalue weighted by atomic mass is 10.0. The number of hydrogen-bond acceptors (Lipinski definition) is 2. The van der Waals surface area contributed by atoms with Crippen LogP contribution in [0.15, 0.2) is 23.8 Å². The minimum atomic E-state index is -0.907. The van der Waals surface area contributed by atoms with Crippen molar-refractivity contribution in [2.45, 2.75) is 13.0 Å². The molecule has 0 saturated carbocycles. The van der Waals surface area contributed by atoms with Crippen molar-refractivity contribution in [3.63, 3.8) is 0 Å². The lowest BCUT2D eigenvalue weighted by molar-refractivity contribution is -0.121. The van der Waals surface area contributed by atoms with Gasteiger partial charge in [0.1, 0.15) is 6.10 Å². The Morgan fingerprint density at radius 1 is 1.67 bits per heavy atom. The van der Waals surface area contributed by atoms with E-state index in [1.807, 2.05) is 0 Å². The Kier molecular flexibility index (Phi) is 1.49. The fraction of sp³-hybridized carbons (Fsp3) is 0.286. The maximum Gasteiger partial charge on any atom is 0.190 e. The first kappa shape index (κ1) is 6.23. The molecule has 1 atom stereocenters. The van der Waals surface area contributed by atoms with Crippen LogP contribution in [0.2, 0.25) is 0 Å². The average molecular weight is 124 g/mol. The summed E-state index contributed by atoms with van der Waals surface area (Å²) in [7, 11) is 0. The summed E-state index contributed by atoms with van der Waals surface area (Å²) in [5.41, 5.74) is 0.616. The predicted molar refractivity (Wildman–Crippen MR) is 33.9 cm³/mol. The molecule has 1 unspecified atom stereocenters. The van der Waals surface area contributed by atoms with E-state index in [4.69, 9.17) is 5.11 Å². The van der Waals surface area contributed by atoms with Gasteiger partial charge in [0, 0.05) is 0 Å². The third kappa shape index (κ3) is 1.08. The first-order valence-electron chi connectivity index (χ1n) is 2.79. The number of allylic oxidation sites excluding steroid dienone is 2. The zero-order valence-corrected chi connectivity index (χ0v) is 5.16. The SMILES string of the molecule is CC1=CC=CC(O)C1=O. The molecule has 1 rings (SSSR count). The molecule has 0 aromatic heterocycles. The predicted octanol–water partition coefficient (Wildman–Crippen LogP) is 0.433. The smallest absolute Gasteiger partial charge is 0.190 e. The van der Waals surface area contributed by atoms with Gasteiger partial charge in [0.05, 0.1) is 0 Å². The van der Waals surface area contributed by atoms with Gasteiger partial charge < -0.3 is 5.11 Å². The van der Waals surface area contributed by atoms with E-state index in [9.17, 15) is 4.79 Å². The van der Waals surface area contributed by atoms with Gasteiger partial charge in [-0.2, -0.15) is 0 Å². The number of aliphatic hydroxyl groups excluding tert-OH is 1. The van der Waals surface area contributed by atoms with Crippen LogP contribution in [0.4, 0.5) is 0 Å². The summed E-state index contributed by atoms with van der Waals surface area (Å²) in [6.45, 7) is 1.69. The fourth-order valence-electron chi connectivity index (χ4n) is 0.708. The Labute approximate surface area is 53.5 Å². The highest BCUT2D eigenvalue weighted by molar-refractivity contribution is 6.00. The van der Waals surface area contributed by atoms with Crippen LogP contribution in [0.5, 0.6) is 0 Å². The van der Waals surface area contributed by atoms with Crippen molar-refractivity contribution in [3.8, 4) is 0 Å². The molecule has 0 amide bonds. The summed E-state index contributed by atoms with van der Waals surface area (Å²) >= 11 is 0. The third-order valence-corrected chi connectivity index (χ3v) is 1.30. The molecular formula is C7H8O2. The van der Waals surface area contributed by atoms with Gasteiger partial charge in [-0.1, -0.05) is 12.2 Å². The molecule has 2 heteroatoms. The molecule has 0 fully saturated rings. The highest BCUT2D eigenvalue weighted by Gasteiger charge is 2.14. The highest BCUT2D eigenvalue weighted by atomic mass is 16.3. The van der Waals surface area contributed by atoms with E-state index in [2.05, 4.69) is 0 Å². The van der Waals surface area contributed by atoms with Gasteiger partial charge in [0.2, 0.25) is 0 Å². The molecule has 0 radical (unpaired) electrons. The maximum absolute atomic E-state index is 10.8. The summed E-state index contributed by atoms with van der Waals surface area (Å²) in [6, 6.07) is 0. The van der Waals surface area contributed by atoms with Gasteiger partial charge in [-0.25, -0.2) is 0 Å². The van der Waals surface area contributed by atoms with Crippen molar-refractivity contribution in [1.82, 2.24) is 0 Å². The van der Waals surface area contributed by atoms with Gasteiger partial charge in [-0.3, -0.25) is 4.79 Å². The molecule has 0 heterocycles. The molecular weight excluding hydrogens is 116 g/mol. The molecule has 0 saturated heterocycles. The fourth-order valence-corrected chi connectivity index (χ4v) is 0.708. The monoisotopic (exact) mass is 124 g/mol. The molecule has 1 N–H and O–H groups in total. The molecule has 0 aromatic rings. The maximum atomic E-state index is 10.8. The Bertz CT molecular complexity index is 189. The van der Waals surface area contributed by atoms with Crippen LogP contribution in [0.25, 0.3) is 0 Å². The van der Waals surface area contributed by atoms with E-state index in [0.717, 1.165) is 0 Å². The Morgan fingerprint density at radius 2 is 2.33 bits per heavy atom. The second kappa shape index (κ2) is 2.15. The normalized spacial score (nSPS) is 26.2. The van der Waals surface area contributed by atoms with Crippen molar-refractivity contribution >= 4 is 5.78 Å². The lowest BCUT2D eigenvalue weighted by Crippen LogP contribution is -2.20. The molecule has 9 heavy (non-hydrogen) atoms. The zero-order chi connectivity index (χ0) is 6.85. The first-order valence-corrected chi connectivity index (χ1v) is 2.79. The Morgan fingerprint density at radius 3 is 2.78 bits per heavy atom. The minimum absolute atomic E-state index is 0.197. The van der Waals surface area contributed by atoms with Crippen LogP contribution in [0, 0.1) is 0 Å². The van der Waals surface area contributed by atoms with Crippen LogP contribution in [-0.4, -0.2) is 17.0 Å². The molecule has 0 aliphatic heterocycles. The summed E-state index contributed by atoms with van der Waals surface area (Å²) < 4.78 is 0. The summed E-state index contributed by atoms with van der Waals surface area (Å²) in [5, 5.41) is 8.87. The third-order valence-electron chi connectivity index (χ3n) is 1.30. The average Bonchev–Trinajstić information content (AvgIpc) is 1.83. The summed E-state index contributed by atoms with van der Waals surface area (Å²) in [6.07, 6.45) is 3.93. The second-order valence-electron chi connectivity index (χ2n) is 2.04. The van der Waals surface area contributed by atoms with Gasteiger partial charge in [-0.15, -0.1) is 0 Å². The number of Topliss-reactive ketones (excluding diaryl/α,β-unsaturated/α-hetero) is 1. The molecule has 1 aliphatic carbocycles. The van der Waals surface area contributed by atoms with Crippen molar-refractivity contribution in [2.75, 3.05) is 0 Å². The molecule has 0 bridgehead atoms. The first-order chi connectivity index (χ1) is 4.22. The molecule has 48 valence electrons. The van der Waals surface area contributed by atoms with Gasteiger partial charge in [0.25, 0.3) is 0 Å². The highest BCUT2D eigenvalue weighted by Crippen LogP contribution is 2.06. The van der Waals surface area contributed by atoms with Crippen molar-refractivity contribution in [3.05, 3.63) is 23.8 Å². The van der Waals surface area contributed by atoms with E-state index >= 15 is 0 Å². The van der Waals surface area contributed by atoms with E-state index < -0.39 is 6.10 Å². The standard InChI is InChI=1S/C7H8O2/c1-5-3-2-4-6(8)7(5)9/h2-4,6,8H,1H3. The van der Waals surface area contributed by atoms with Crippen LogP contribution in [0.1, 0.15) is 6.92 Å². The van der Waals surface area contributed by atoms with Crippen molar-refractivity contribution < 1.29 is 9.90 Å². The molecule has 0 spiro atoms. The van der Waals surface area contributed by atoms with Crippen molar-refractivity contribution in [1.29, 1.82) is 0 Å². The Balaban J connectivity index is 2.86. The number of ketones is 1. The number of carbonyl (C=O) groups is 1. The van der Waals surface area contributed by atoms with Crippen LogP contribution < -0.4 is 0 Å². The van der Waals surface area contributed by atoms with Gasteiger partial charge in [0.15, 0.2) is 5.78 Å². The largest absolute Gasteiger partial charge is 0.381 e. The molecule has 2 nitrogen and oxygen atoms in total. The number of carbonyl (C=O) groups excluding carboxylic acids is 1. The van der Waals surface area contributed by atoms with Crippen LogP contribution in [0.3, 0.4) is 0 Å². The van der Waals surface area contributed by atoms with E-state index in [0.29, 0.717) is 5.57 Å². The van der Waals surface area contributed by atoms with Gasteiger partial charge >= 0.3 is 0 Å². The van der Waals surface area contributed by atoms with Crippen LogP contribution >= 0.6 is 0 Å². The second-order valence-corrected chi connectivity index (χ2v) is 2.04. The van der Waals surface area contributed by atoms with E-state index in [-0.39, 0.29) is 5.78 Å². The zero-order valence-electron chi connectivity index (χ0n) is 5.16. The van der Waals surface area contributed by atoms with E-state index in [1.54, 1.807) is 19.1 Å². The van der Waals surface area contributed by atoms with Gasteiger partial charge in [-0.05, 0) is 18.6 Å². The topological polar surface area (TPSA) is 37.3 Å². The van der Waals surface area contributed by atoms with Crippen molar-refractivity contribution in [2.24, 2.45) is 0 Å². The summed E-state index contributed by atoms with van der Waals surface area (Å²) in [4.78, 5) is 10.8. The number of hydrogen-bond donors (Lipinski definition) is 1. The van der Waals surface area contributed by atoms with Crippen LogP contribution in [-0.2, 0) is 4.79 Å². The molecule has 0 aromatic carbocycles. The number of aliphatic hydroxyl groups is 1. The van der Waals surface area contributed by atoms with E-state index in [1.165, 1.54) is 6.08 Å². The minimum Gasteiger partial charge on any atom is -0.381 e. The number of rotatable bonds is 0. The molecule has 1 aliphatic rings.